The van der Waals surface area contributed by atoms with E-state index in [1.165, 1.54) is 0 Å². The lowest BCUT2D eigenvalue weighted by atomic mass is 10.2. The van der Waals surface area contributed by atoms with Gasteiger partial charge in [-0.2, -0.15) is 0 Å². The Morgan fingerprint density at radius 3 is 2.29 bits per heavy atom. The number of nitrogens with two attached hydrogens (primary N) is 1. The summed E-state index contributed by atoms with van der Waals surface area (Å²) in [5.41, 5.74) is 0.834. The first-order valence-corrected chi connectivity index (χ1v) is 7.16. The maximum atomic E-state index is 5.46. The molecule has 0 spiro atoms. The highest BCUT2D eigenvalue weighted by molar-refractivity contribution is 4.89. The summed E-state index contributed by atoms with van der Waals surface area (Å²) in [6.45, 7) is 8.55. The Labute approximate surface area is 125 Å². The zero-order valence-corrected chi connectivity index (χ0v) is 12.9. The van der Waals surface area contributed by atoms with Crippen LogP contribution in [0.3, 0.4) is 0 Å². The van der Waals surface area contributed by atoms with Crippen molar-refractivity contribution in [3.05, 3.63) is 11.9 Å². The summed E-state index contributed by atoms with van der Waals surface area (Å²) in [5, 5.41) is 8.09. The molecule has 0 aliphatic rings. The van der Waals surface area contributed by atoms with Gasteiger partial charge in [0.2, 0.25) is 0 Å². The van der Waals surface area contributed by atoms with E-state index in [0.29, 0.717) is 52.2 Å². The summed E-state index contributed by atoms with van der Waals surface area (Å²) in [4.78, 5) is 4.37. The van der Waals surface area contributed by atoms with Crippen LogP contribution in [0.25, 0.3) is 0 Å². The van der Waals surface area contributed by atoms with Crippen molar-refractivity contribution in [1.82, 2.24) is 15.0 Å². The number of hydrogen-bond donors (Lipinski definition) is 1. The molecule has 0 amide bonds. The maximum Gasteiger partial charge on any atom is 0.108 e. The van der Waals surface area contributed by atoms with E-state index in [-0.39, 0.29) is 0 Å². The molecule has 8 nitrogen and oxygen atoms in total. The van der Waals surface area contributed by atoms with Gasteiger partial charge < -0.3 is 19.0 Å². The van der Waals surface area contributed by atoms with Crippen molar-refractivity contribution in [2.75, 3.05) is 39.6 Å². The molecule has 0 atom stereocenters. The van der Waals surface area contributed by atoms with Crippen LogP contribution in [0, 0.1) is 5.92 Å². The van der Waals surface area contributed by atoms with Gasteiger partial charge in [0.05, 0.1) is 52.4 Å². The molecule has 1 heterocycles. The third-order valence-corrected chi connectivity index (χ3v) is 2.48. The lowest BCUT2D eigenvalue weighted by Gasteiger charge is -2.05. The third-order valence-electron chi connectivity index (χ3n) is 2.48. The average Bonchev–Trinajstić information content (AvgIpc) is 2.87. The van der Waals surface area contributed by atoms with Crippen LogP contribution >= 0.6 is 0 Å². The van der Waals surface area contributed by atoms with Crippen LogP contribution in [0.5, 0.6) is 0 Å². The largest absolute Gasteiger partial charge is 0.377 e. The minimum absolute atomic E-state index is 0.389. The Hall–Kier alpha value is -1.06. The van der Waals surface area contributed by atoms with Gasteiger partial charge in [-0.3, -0.25) is 4.68 Å². The Kier molecular flexibility index (Phi) is 9.92. The summed E-state index contributed by atoms with van der Waals surface area (Å²) in [6.07, 6.45) is 1.91. The molecule has 0 saturated carbocycles. The molecule has 1 aromatic heterocycles. The molecule has 1 rings (SSSR count). The van der Waals surface area contributed by atoms with Crippen LogP contribution in [0.15, 0.2) is 6.20 Å². The highest BCUT2D eigenvalue weighted by Crippen LogP contribution is 2.00. The van der Waals surface area contributed by atoms with E-state index in [1.54, 1.807) is 0 Å². The predicted molar refractivity (Wildman–Crippen MR) is 76.3 cm³/mol. The summed E-state index contributed by atoms with van der Waals surface area (Å²) in [6, 6.07) is 0. The second-order valence-corrected chi connectivity index (χ2v) is 4.97. The van der Waals surface area contributed by atoms with Crippen LogP contribution in [0.2, 0.25) is 0 Å². The maximum absolute atomic E-state index is 5.46. The highest BCUT2D eigenvalue weighted by atomic mass is 16.6. The van der Waals surface area contributed by atoms with Gasteiger partial charge in [0, 0.05) is 6.54 Å². The van der Waals surface area contributed by atoms with Gasteiger partial charge in [-0.05, 0) is 5.92 Å². The van der Waals surface area contributed by atoms with Crippen molar-refractivity contribution in [3.8, 4) is 0 Å². The smallest absolute Gasteiger partial charge is 0.108 e. The highest BCUT2D eigenvalue weighted by Gasteiger charge is 2.02. The first-order valence-electron chi connectivity index (χ1n) is 7.16. The number of hydrogen-bond acceptors (Lipinski definition) is 7. The normalized spacial score (nSPS) is 11.4. The second kappa shape index (κ2) is 11.6. The van der Waals surface area contributed by atoms with Crippen molar-refractivity contribution >= 4 is 0 Å². The van der Waals surface area contributed by atoms with E-state index in [0.717, 1.165) is 12.2 Å². The van der Waals surface area contributed by atoms with E-state index in [1.807, 2.05) is 10.9 Å². The molecule has 0 radical (unpaired) electrons. The van der Waals surface area contributed by atoms with Gasteiger partial charge in [-0.25, -0.2) is 5.90 Å². The molecule has 0 bridgehead atoms. The topological polar surface area (TPSA) is 93.7 Å². The predicted octanol–water partition coefficient (Wildman–Crippen LogP) is 0.374. The summed E-state index contributed by atoms with van der Waals surface area (Å²) < 4.78 is 17.8. The van der Waals surface area contributed by atoms with Crippen molar-refractivity contribution < 1.29 is 19.0 Å². The molecule has 0 unspecified atom stereocenters. The summed E-state index contributed by atoms with van der Waals surface area (Å²) >= 11 is 0. The quantitative estimate of drug-likeness (QED) is 0.415. The SMILES string of the molecule is CC(C)Cn1cc(COCCOCCOCCON)nn1. The number of ether oxygens (including phenoxy) is 3. The Morgan fingerprint density at radius 1 is 1.05 bits per heavy atom. The molecule has 122 valence electrons. The zero-order valence-electron chi connectivity index (χ0n) is 12.9. The van der Waals surface area contributed by atoms with Crippen molar-refractivity contribution in [2.45, 2.75) is 27.0 Å². The van der Waals surface area contributed by atoms with Crippen LogP contribution in [0.4, 0.5) is 0 Å². The van der Waals surface area contributed by atoms with Gasteiger partial charge in [0.15, 0.2) is 0 Å². The summed E-state index contributed by atoms with van der Waals surface area (Å²) in [5.74, 6) is 5.41. The molecule has 2 N–H and O–H groups in total. The fourth-order valence-corrected chi connectivity index (χ4v) is 1.59. The Balaban J connectivity index is 1.93. The first-order chi connectivity index (χ1) is 10.2. The molecule has 0 aliphatic carbocycles. The van der Waals surface area contributed by atoms with Crippen LogP contribution in [-0.4, -0.2) is 54.6 Å². The molecule has 1 aromatic rings. The second-order valence-electron chi connectivity index (χ2n) is 4.97. The van der Waals surface area contributed by atoms with E-state index < -0.39 is 0 Å². The van der Waals surface area contributed by atoms with Gasteiger partial charge in [-0.15, -0.1) is 5.10 Å². The van der Waals surface area contributed by atoms with Gasteiger partial charge >= 0.3 is 0 Å². The standard InChI is InChI=1S/C13H26N4O4/c1-12(2)9-17-10-13(15-16-17)11-20-6-5-18-3-4-19-7-8-21-14/h10,12H,3-9,11,14H2,1-2H3. The Bertz CT molecular complexity index is 360. The first kappa shape index (κ1) is 18.0. The Morgan fingerprint density at radius 2 is 1.67 bits per heavy atom. The average molecular weight is 302 g/mol. The van der Waals surface area contributed by atoms with Crippen LogP contribution < -0.4 is 5.90 Å². The van der Waals surface area contributed by atoms with E-state index in [9.17, 15) is 0 Å². The monoisotopic (exact) mass is 302 g/mol. The van der Waals surface area contributed by atoms with E-state index in [2.05, 4.69) is 29.0 Å². The molecular weight excluding hydrogens is 276 g/mol. The number of aromatic nitrogens is 3. The van der Waals surface area contributed by atoms with Crippen LogP contribution in [0.1, 0.15) is 19.5 Å². The number of nitrogens with zero attached hydrogens (tertiary/aromatic N) is 3. The lowest BCUT2D eigenvalue weighted by molar-refractivity contribution is -0.00464. The van der Waals surface area contributed by atoms with Crippen molar-refractivity contribution in [3.63, 3.8) is 0 Å². The molecule has 0 aliphatic heterocycles. The molecule has 21 heavy (non-hydrogen) atoms. The summed E-state index contributed by atoms with van der Waals surface area (Å²) in [7, 11) is 0. The van der Waals surface area contributed by atoms with E-state index >= 15 is 0 Å². The fraction of sp³-hybridized carbons (Fsp3) is 0.846. The lowest BCUT2D eigenvalue weighted by Crippen LogP contribution is -2.13. The minimum Gasteiger partial charge on any atom is -0.377 e. The van der Waals surface area contributed by atoms with Crippen LogP contribution in [-0.2, 0) is 32.2 Å². The third kappa shape index (κ3) is 9.48. The fourth-order valence-electron chi connectivity index (χ4n) is 1.59. The molecule has 8 heteroatoms. The van der Waals surface area contributed by atoms with Crippen molar-refractivity contribution in [2.24, 2.45) is 11.8 Å². The molecule has 0 fully saturated rings. The van der Waals surface area contributed by atoms with Gasteiger partial charge in [0.1, 0.15) is 5.69 Å². The molecule has 0 aromatic carbocycles. The molecule has 0 saturated heterocycles. The number of rotatable bonds is 13. The van der Waals surface area contributed by atoms with Gasteiger partial charge in [-0.1, -0.05) is 19.1 Å². The van der Waals surface area contributed by atoms with Gasteiger partial charge in [0.25, 0.3) is 0 Å². The van der Waals surface area contributed by atoms with Crippen molar-refractivity contribution in [1.29, 1.82) is 0 Å². The minimum atomic E-state index is 0.389. The molecular formula is C13H26N4O4. The zero-order chi connectivity index (χ0) is 15.3. The van der Waals surface area contributed by atoms with E-state index in [4.69, 9.17) is 20.1 Å².